The molecular formula is C17H19NO2S2. The van der Waals surface area contributed by atoms with Crippen molar-refractivity contribution in [2.75, 3.05) is 23.9 Å². The smallest absolute Gasteiger partial charge is 0.340 e. The van der Waals surface area contributed by atoms with E-state index in [1.54, 1.807) is 11.3 Å². The lowest BCUT2D eigenvalue weighted by atomic mass is 10.1. The van der Waals surface area contributed by atoms with Crippen LogP contribution in [0.15, 0.2) is 36.4 Å². The van der Waals surface area contributed by atoms with Gasteiger partial charge in [-0.15, -0.1) is 11.3 Å². The van der Waals surface area contributed by atoms with E-state index in [1.165, 1.54) is 18.6 Å². The van der Waals surface area contributed by atoms with E-state index in [2.05, 4.69) is 17.4 Å². The molecule has 116 valence electrons. The van der Waals surface area contributed by atoms with E-state index < -0.39 is 0 Å². The molecule has 0 radical (unpaired) electrons. The molecule has 1 N–H and O–H groups in total. The Morgan fingerprint density at radius 2 is 1.95 bits per heavy atom. The van der Waals surface area contributed by atoms with E-state index in [9.17, 15) is 4.79 Å². The summed E-state index contributed by atoms with van der Waals surface area (Å²) in [6.45, 7) is 0. The minimum Gasteiger partial charge on any atom is -0.465 e. The number of carbonyl (C=O) groups excluding carboxylic acids is 1. The molecule has 1 aromatic heterocycles. The zero-order valence-electron chi connectivity index (χ0n) is 12.5. The number of anilines is 1. The van der Waals surface area contributed by atoms with E-state index in [0.29, 0.717) is 11.6 Å². The zero-order valence-corrected chi connectivity index (χ0v) is 14.1. The van der Waals surface area contributed by atoms with Crippen molar-refractivity contribution in [1.29, 1.82) is 0 Å². The first kappa shape index (κ1) is 15.4. The maximum absolute atomic E-state index is 12.1. The molecule has 1 fully saturated rings. The van der Waals surface area contributed by atoms with Crippen LogP contribution in [0, 0.1) is 0 Å². The number of carbonyl (C=O) groups is 1. The molecule has 22 heavy (non-hydrogen) atoms. The van der Waals surface area contributed by atoms with Gasteiger partial charge in [0.1, 0.15) is 5.00 Å². The summed E-state index contributed by atoms with van der Waals surface area (Å²) in [5, 5.41) is 4.49. The number of nitrogens with one attached hydrogen (secondary N) is 1. The Hall–Kier alpha value is -1.46. The van der Waals surface area contributed by atoms with Gasteiger partial charge in [0.25, 0.3) is 0 Å². The molecule has 0 bridgehead atoms. The molecule has 0 spiro atoms. The van der Waals surface area contributed by atoms with Crippen LogP contribution in [0.3, 0.4) is 0 Å². The van der Waals surface area contributed by atoms with Gasteiger partial charge < -0.3 is 10.1 Å². The minimum atomic E-state index is -0.272. The van der Waals surface area contributed by atoms with Crippen LogP contribution < -0.4 is 5.32 Å². The first-order chi connectivity index (χ1) is 10.8. The summed E-state index contributed by atoms with van der Waals surface area (Å²) in [5.74, 6) is 2.09. The van der Waals surface area contributed by atoms with Crippen LogP contribution >= 0.6 is 23.1 Å². The summed E-state index contributed by atoms with van der Waals surface area (Å²) in [6, 6.07) is 12.5. The van der Waals surface area contributed by atoms with Crippen LogP contribution in [0.1, 0.15) is 23.2 Å². The predicted molar refractivity (Wildman–Crippen MR) is 95.1 cm³/mol. The van der Waals surface area contributed by atoms with Gasteiger partial charge in [-0.05, 0) is 36.0 Å². The lowest BCUT2D eigenvalue weighted by Gasteiger charge is -2.23. The highest BCUT2D eigenvalue weighted by Crippen LogP contribution is 2.37. The van der Waals surface area contributed by atoms with Crippen molar-refractivity contribution in [1.82, 2.24) is 0 Å². The molecule has 2 heterocycles. The molecule has 3 nitrogen and oxygen atoms in total. The monoisotopic (exact) mass is 333 g/mol. The van der Waals surface area contributed by atoms with Crippen molar-refractivity contribution in [3.05, 3.63) is 42.0 Å². The predicted octanol–water partition coefficient (Wildman–Crippen LogP) is 4.51. The van der Waals surface area contributed by atoms with E-state index in [4.69, 9.17) is 4.74 Å². The summed E-state index contributed by atoms with van der Waals surface area (Å²) in [6.07, 6.45) is 2.29. The standard InChI is InChI=1S/C17H19NO2S2/c1-20-17(19)14-11-15(12-5-3-2-4-6-12)22-16(14)18-13-7-9-21-10-8-13/h2-6,11,13,18H,7-10H2,1H3. The normalized spacial score (nSPS) is 15.5. The van der Waals surface area contributed by atoms with Gasteiger partial charge in [0.2, 0.25) is 0 Å². The molecule has 1 aromatic carbocycles. The largest absolute Gasteiger partial charge is 0.465 e. The lowest BCUT2D eigenvalue weighted by molar-refractivity contribution is 0.0602. The third-order valence-electron chi connectivity index (χ3n) is 3.75. The SMILES string of the molecule is COC(=O)c1cc(-c2ccccc2)sc1NC1CCSCC1. The van der Waals surface area contributed by atoms with Gasteiger partial charge in [-0.25, -0.2) is 4.79 Å². The van der Waals surface area contributed by atoms with Crippen LogP contribution in [0.5, 0.6) is 0 Å². The van der Waals surface area contributed by atoms with E-state index in [-0.39, 0.29) is 5.97 Å². The number of thiophene rings is 1. The number of hydrogen-bond acceptors (Lipinski definition) is 5. The van der Waals surface area contributed by atoms with Gasteiger partial charge in [-0.1, -0.05) is 30.3 Å². The Balaban J connectivity index is 1.89. The Morgan fingerprint density at radius 3 is 2.64 bits per heavy atom. The third-order valence-corrected chi connectivity index (χ3v) is 5.92. The second-order valence-corrected chi connectivity index (χ2v) is 7.52. The molecule has 1 saturated heterocycles. The fraction of sp³-hybridized carbons (Fsp3) is 0.353. The fourth-order valence-electron chi connectivity index (χ4n) is 2.53. The highest BCUT2D eigenvalue weighted by Gasteiger charge is 2.21. The Kier molecular flexibility index (Phi) is 5.05. The van der Waals surface area contributed by atoms with E-state index in [1.807, 2.05) is 36.0 Å². The maximum atomic E-state index is 12.1. The minimum absolute atomic E-state index is 0.272. The molecular weight excluding hydrogens is 314 g/mol. The van der Waals surface area contributed by atoms with E-state index >= 15 is 0 Å². The van der Waals surface area contributed by atoms with Crippen LogP contribution in [0.2, 0.25) is 0 Å². The van der Waals surface area contributed by atoms with Gasteiger partial charge in [-0.2, -0.15) is 11.8 Å². The quantitative estimate of drug-likeness (QED) is 0.836. The Morgan fingerprint density at radius 1 is 1.23 bits per heavy atom. The fourth-order valence-corrected chi connectivity index (χ4v) is 4.77. The molecule has 5 heteroatoms. The average molecular weight is 333 g/mol. The number of rotatable bonds is 4. The second-order valence-electron chi connectivity index (χ2n) is 5.24. The molecule has 0 atom stereocenters. The summed E-state index contributed by atoms with van der Waals surface area (Å²) in [4.78, 5) is 13.2. The molecule has 1 aliphatic heterocycles. The van der Waals surface area contributed by atoms with Crippen molar-refractivity contribution in [3.8, 4) is 10.4 Å². The number of esters is 1. The van der Waals surface area contributed by atoms with Crippen molar-refractivity contribution < 1.29 is 9.53 Å². The Labute approximate surface area is 139 Å². The van der Waals surface area contributed by atoms with Gasteiger partial charge in [0, 0.05) is 10.9 Å². The topological polar surface area (TPSA) is 38.3 Å². The summed E-state index contributed by atoms with van der Waals surface area (Å²) in [5.41, 5.74) is 1.77. The highest BCUT2D eigenvalue weighted by atomic mass is 32.2. The number of methoxy groups -OCH3 is 1. The van der Waals surface area contributed by atoms with Crippen molar-refractivity contribution in [2.24, 2.45) is 0 Å². The van der Waals surface area contributed by atoms with Crippen molar-refractivity contribution in [2.45, 2.75) is 18.9 Å². The molecule has 1 aliphatic rings. The summed E-state index contributed by atoms with van der Waals surface area (Å²) < 4.78 is 4.94. The van der Waals surface area contributed by atoms with Crippen molar-refractivity contribution >= 4 is 34.1 Å². The highest BCUT2D eigenvalue weighted by molar-refractivity contribution is 7.99. The average Bonchev–Trinajstić information content (AvgIpc) is 3.00. The van der Waals surface area contributed by atoms with Crippen LogP contribution in [0.25, 0.3) is 10.4 Å². The molecule has 0 aliphatic carbocycles. The van der Waals surface area contributed by atoms with Gasteiger partial charge in [0.15, 0.2) is 0 Å². The van der Waals surface area contributed by atoms with Crippen LogP contribution in [0.4, 0.5) is 5.00 Å². The van der Waals surface area contributed by atoms with Crippen LogP contribution in [-0.2, 0) is 4.74 Å². The molecule has 3 rings (SSSR count). The van der Waals surface area contributed by atoms with Crippen molar-refractivity contribution in [3.63, 3.8) is 0 Å². The molecule has 0 saturated carbocycles. The first-order valence-electron chi connectivity index (χ1n) is 7.40. The number of ether oxygens (including phenoxy) is 1. The molecule has 2 aromatic rings. The van der Waals surface area contributed by atoms with E-state index in [0.717, 1.165) is 28.3 Å². The van der Waals surface area contributed by atoms with Gasteiger partial charge in [0.05, 0.1) is 12.7 Å². The van der Waals surface area contributed by atoms with Crippen LogP contribution in [-0.4, -0.2) is 30.6 Å². The summed E-state index contributed by atoms with van der Waals surface area (Å²) >= 11 is 3.63. The van der Waals surface area contributed by atoms with Gasteiger partial charge in [-0.3, -0.25) is 0 Å². The number of thioether (sulfide) groups is 1. The number of hydrogen-bond donors (Lipinski definition) is 1. The molecule has 0 amide bonds. The maximum Gasteiger partial charge on any atom is 0.340 e. The first-order valence-corrected chi connectivity index (χ1v) is 9.37. The molecule has 0 unspecified atom stereocenters. The third kappa shape index (κ3) is 3.47. The second kappa shape index (κ2) is 7.20. The van der Waals surface area contributed by atoms with Gasteiger partial charge >= 0.3 is 5.97 Å². The summed E-state index contributed by atoms with van der Waals surface area (Å²) in [7, 11) is 1.43. The number of benzene rings is 1. The Bertz CT molecular complexity index is 633. The lowest BCUT2D eigenvalue weighted by Crippen LogP contribution is -2.24. The zero-order chi connectivity index (χ0) is 15.4.